The molecule has 0 radical (unpaired) electrons. The Morgan fingerprint density at radius 1 is 0.828 bits per heavy atom. The van der Waals surface area contributed by atoms with Gasteiger partial charge in [0.25, 0.3) is 11.8 Å². The summed E-state index contributed by atoms with van der Waals surface area (Å²) in [6, 6.07) is 20.2. The quantitative estimate of drug-likeness (QED) is 0.601. The smallest absolute Gasteiger partial charge is 0.276 e. The molecule has 0 heterocycles. The van der Waals surface area contributed by atoms with E-state index in [0.717, 1.165) is 10.8 Å². The summed E-state index contributed by atoms with van der Waals surface area (Å²) in [6.45, 7) is 4.53. The van der Waals surface area contributed by atoms with Gasteiger partial charge in [-0.3, -0.25) is 20.4 Å². The molecule has 0 bridgehead atoms. The fourth-order valence-electron chi connectivity index (χ4n) is 2.61. The standard InChI is InChI=1S/C23H24N2O4/c1-16(2)14-28-20-10-8-18(9-11-20)23(27)25-24-22(26)15-29-21-12-7-17-5-3-4-6-19(17)13-21/h3-13,16H,14-15H2,1-2H3,(H,24,26)(H,25,27). The lowest BCUT2D eigenvalue weighted by atomic mass is 10.1. The molecule has 0 unspecified atom stereocenters. The van der Waals surface area contributed by atoms with E-state index in [1.807, 2.05) is 36.4 Å². The third-order valence-corrected chi connectivity index (χ3v) is 4.11. The van der Waals surface area contributed by atoms with Crippen LogP contribution >= 0.6 is 0 Å². The summed E-state index contributed by atoms with van der Waals surface area (Å²) >= 11 is 0. The van der Waals surface area contributed by atoms with Crippen LogP contribution in [0.1, 0.15) is 24.2 Å². The third-order valence-electron chi connectivity index (χ3n) is 4.11. The summed E-state index contributed by atoms with van der Waals surface area (Å²) in [4.78, 5) is 24.1. The highest BCUT2D eigenvalue weighted by atomic mass is 16.5. The number of hydrazine groups is 1. The lowest BCUT2D eigenvalue weighted by molar-refractivity contribution is -0.123. The van der Waals surface area contributed by atoms with Crippen LogP contribution in [0.3, 0.4) is 0 Å². The Morgan fingerprint density at radius 2 is 1.52 bits per heavy atom. The maximum absolute atomic E-state index is 12.1. The van der Waals surface area contributed by atoms with Gasteiger partial charge < -0.3 is 9.47 Å². The van der Waals surface area contributed by atoms with E-state index in [9.17, 15) is 9.59 Å². The van der Waals surface area contributed by atoms with Crippen molar-refractivity contribution in [1.82, 2.24) is 10.9 Å². The molecule has 150 valence electrons. The predicted octanol–water partition coefficient (Wildman–Crippen LogP) is 3.71. The average Bonchev–Trinajstić information content (AvgIpc) is 2.74. The van der Waals surface area contributed by atoms with Crippen LogP contribution in [0.15, 0.2) is 66.7 Å². The second-order valence-electron chi connectivity index (χ2n) is 7.03. The van der Waals surface area contributed by atoms with Gasteiger partial charge in [-0.2, -0.15) is 0 Å². The van der Waals surface area contributed by atoms with Crippen molar-refractivity contribution < 1.29 is 19.1 Å². The molecule has 3 aromatic carbocycles. The van der Waals surface area contributed by atoms with Gasteiger partial charge >= 0.3 is 0 Å². The van der Waals surface area contributed by atoms with Crippen molar-refractivity contribution in [2.45, 2.75) is 13.8 Å². The molecule has 0 aliphatic rings. The lowest BCUT2D eigenvalue weighted by Gasteiger charge is -2.11. The number of hydrogen-bond donors (Lipinski definition) is 2. The predicted molar refractivity (Wildman–Crippen MR) is 112 cm³/mol. The molecule has 3 aromatic rings. The zero-order valence-electron chi connectivity index (χ0n) is 16.5. The van der Waals surface area contributed by atoms with E-state index in [2.05, 4.69) is 24.7 Å². The highest BCUT2D eigenvalue weighted by Gasteiger charge is 2.09. The third kappa shape index (κ3) is 5.97. The number of hydrogen-bond acceptors (Lipinski definition) is 4. The van der Waals surface area contributed by atoms with Gasteiger partial charge in [0.15, 0.2) is 6.61 Å². The number of carbonyl (C=O) groups excluding carboxylic acids is 2. The zero-order chi connectivity index (χ0) is 20.6. The molecule has 6 nitrogen and oxygen atoms in total. The molecule has 0 atom stereocenters. The molecular formula is C23H24N2O4. The number of carbonyl (C=O) groups is 2. The summed E-state index contributed by atoms with van der Waals surface area (Å²) in [5.41, 5.74) is 5.14. The molecule has 0 saturated heterocycles. The van der Waals surface area contributed by atoms with E-state index in [1.165, 1.54) is 0 Å². The molecule has 2 amide bonds. The number of benzene rings is 3. The minimum atomic E-state index is -0.455. The topological polar surface area (TPSA) is 76.7 Å². The normalized spacial score (nSPS) is 10.6. The first-order valence-corrected chi connectivity index (χ1v) is 9.45. The van der Waals surface area contributed by atoms with Crippen molar-refractivity contribution in [3.63, 3.8) is 0 Å². The highest BCUT2D eigenvalue weighted by molar-refractivity contribution is 5.95. The van der Waals surface area contributed by atoms with E-state index in [0.29, 0.717) is 29.6 Å². The van der Waals surface area contributed by atoms with Gasteiger partial charge in [-0.15, -0.1) is 0 Å². The second-order valence-corrected chi connectivity index (χ2v) is 7.03. The van der Waals surface area contributed by atoms with Crippen molar-refractivity contribution in [2.75, 3.05) is 13.2 Å². The van der Waals surface area contributed by atoms with Crippen LogP contribution in [0.4, 0.5) is 0 Å². The largest absolute Gasteiger partial charge is 0.493 e. The van der Waals surface area contributed by atoms with Crippen LogP contribution < -0.4 is 20.3 Å². The molecule has 0 aliphatic carbocycles. The first-order valence-electron chi connectivity index (χ1n) is 9.45. The molecule has 6 heteroatoms. The van der Waals surface area contributed by atoms with Crippen molar-refractivity contribution in [3.05, 3.63) is 72.3 Å². The fourth-order valence-corrected chi connectivity index (χ4v) is 2.61. The summed E-state index contributed by atoms with van der Waals surface area (Å²) in [5.74, 6) is 0.832. The number of fused-ring (bicyclic) bond motifs is 1. The fraction of sp³-hybridized carbons (Fsp3) is 0.217. The van der Waals surface area contributed by atoms with Crippen LogP contribution in [0.25, 0.3) is 10.8 Å². The van der Waals surface area contributed by atoms with Crippen LogP contribution in [0, 0.1) is 5.92 Å². The van der Waals surface area contributed by atoms with E-state index in [1.54, 1.807) is 30.3 Å². The zero-order valence-corrected chi connectivity index (χ0v) is 16.5. The van der Waals surface area contributed by atoms with Crippen LogP contribution in [0.5, 0.6) is 11.5 Å². The first-order chi connectivity index (χ1) is 14.0. The van der Waals surface area contributed by atoms with Crippen molar-refractivity contribution >= 4 is 22.6 Å². The van der Waals surface area contributed by atoms with Gasteiger partial charge in [0.2, 0.25) is 0 Å². The minimum Gasteiger partial charge on any atom is -0.493 e. The Morgan fingerprint density at radius 3 is 2.24 bits per heavy atom. The van der Waals surface area contributed by atoms with Gasteiger partial charge in [0.1, 0.15) is 11.5 Å². The summed E-state index contributed by atoms with van der Waals surface area (Å²) in [6.07, 6.45) is 0. The highest BCUT2D eigenvalue weighted by Crippen LogP contribution is 2.20. The minimum absolute atomic E-state index is 0.208. The lowest BCUT2D eigenvalue weighted by Crippen LogP contribution is -2.43. The first kappa shape index (κ1) is 20.2. The Hall–Kier alpha value is -3.54. The van der Waals surface area contributed by atoms with Gasteiger partial charge in [0.05, 0.1) is 6.61 Å². The van der Waals surface area contributed by atoms with Crippen molar-refractivity contribution in [3.8, 4) is 11.5 Å². The Kier molecular flexibility index (Phi) is 6.68. The molecule has 0 fully saturated rings. The van der Waals surface area contributed by atoms with Gasteiger partial charge in [0, 0.05) is 5.56 Å². The Balaban J connectivity index is 1.45. The second kappa shape index (κ2) is 9.59. The van der Waals surface area contributed by atoms with Crippen molar-refractivity contribution in [2.24, 2.45) is 5.92 Å². The SMILES string of the molecule is CC(C)COc1ccc(C(=O)NNC(=O)COc2ccc3ccccc3c2)cc1. The number of nitrogens with one attached hydrogen (secondary N) is 2. The summed E-state index contributed by atoms with van der Waals surface area (Å²) in [7, 11) is 0. The molecule has 0 aromatic heterocycles. The van der Waals surface area contributed by atoms with Crippen LogP contribution in [-0.2, 0) is 4.79 Å². The van der Waals surface area contributed by atoms with Crippen molar-refractivity contribution in [1.29, 1.82) is 0 Å². The Bertz CT molecular complexity index is 984. The van der Waals surface area contributed by atoms with E-state index in [-0.39, 0.29) is 6.61 Å². The monoisotopic (exact) mass is 392 g/mol. The van der Waals surface area contributed by atoms with Gasteiger partial charge in [-0.05, 0) is 53.1 Å². The Labute approximate surface area is 169 Å². The van der Waals surface area contributed by atoms with Gasteiger partial charge in [-0.1, -0.05) is 44.2 Å². The maximum atomic E-state index is 12.1. The van der Waals surface area contributed by atoms with Gasteiger partial charge in [-0.25, -0.2) is 0 Å². The van der Waals surface area contributed by atoms with Crippen LogP contribution in [-0.4, -0.2) is 25.0 Å². The molecule has 0 spiro atoms. The number of rotatable bonds is 7. The molecule has 3 rings (SSSR count). The van der Waals surface area contributed by atoms with E-state index < -0.39 is 11.8 Å². The molecule has 2 N–H and O–H groups in total. The van der Waals surface area contributed by atoms with E-state index in [4.69, 9.17) is 9.47 Å². The molecule has 0 aliphatic heterocycles. The number of amides is 2. The molecular weight excluding hydrogens is 368 g/mol. The average molecular weight is 392 g/mol. The molecule has 29 heavy (non-hydrogen) atoms. The number of ether oxygens (including phenoxy) is 2. The molecule has 0 saturated carbocycles. The maximum Gasteiger partial charge on any atom is 0.276 e. The summed E-state index contributed by atoms with van der Waals surface area (Å²) < 4.78 is 11.1. The van der Waals surface area contributed by atoms with Crippen LogP contribution in [0.2, 0.25) is 0 Å². The summed E-state index contributed by atoms with van der Waals surface area (Å²) in [5, 5.41) is 2.12. The van der Waals surface area contributed by atoms with E-state index >= 15 is 0 Å².